The molecule has 0 saturated heterocycles. The molecule has 0 fully saturated rings. The van der Waals surface area contributed by atoms with Crippen molar-refractivity contribution < 1.29 is 9.53 Å². The lowest BCUT2D eigenvalue weighted by Gasteiger charge is -2.19. The molecule has 1 amide bonds. The lowest BCUT2D eigenvalue weighted by atomic mass is 9.99. The molecule has 0 aliphatic rings. The number of carbonyl (C=O) groups excluding carboxylic acids is 1. The van der Waals surface area contributed by atoms with Crippen LogP contribution in [0.2, 0.25) is 5.02 Å². The number of rotatable bonds is 4. The topological polar surface area (TPSA) is 38.3 Å². The van der Waals surface area contributed by atoms with E-state index >= 15 is 0 Å². The van der Waals surface area contributed by atoms with Crippen molar-refractivity contribution in [2.75, 3.05) is 0 Å². The van der Waals surface area contributed by atoms with Crippen LogP contribution in [-0.4, -0.2) is 6.09 Å². The lowest BCUT2D eigenvalue weighted by molar-refractivity contribution is 0.198. The summed E-state index contributed by atoms with van der Waals surface area (Å²) in [4.78, 5) is 12.3. The Labute approximate surface area is 145 Å². The highest BCUT2D eigenvalue weighted by atomic mass is 35.5. The maximum Gasteiger partial charge on any atom is 0.413 e. The highest BCUT2D eigenvalue weighted by molar-refractivity contribution is 6.30. The summed E-state index contributed by atoms with van der Waals surface area (Å²) in [5, 5.41) is 3.56. The number of para-hydroxylation sites is 1. The second kappa shape index (κ2) is 7.66. The normalized spacial score (nSPS) is 11.5. The van der Waals surface area contributed by atoms with Crippen LogP contribution in [0.15, 0.2) is 84.9 Å². The lowest BCUT2D eigenvalue weighted by Crippen LogP contribution is -2.31. The average Bonchev–Trinajstić information content (AvgIpc) is 2.62. The first-order valence-corrected chi connectivity index (χ1v) is 7.94. The minimum atomic E-state index is -0.509. The van der Waals surface area contributed by atoms with Gasteiger partial charge in [0.2, 0.25) is 0 Å². The van der Waals surface area contributed by atoms with Crippen LogP contribution in [0.3, 0.4) is 0 Å². The molecule has 0 bridgehead atoms. The fraction of sp³-hybridized carbons (Fsp3) is 0.0500. The quantitative estimate of drug-likeness (QED) is 0.709. The van der Waals surface area contributed by atoms with Gasteiger partial charge in [0.25, 0.3) is 0 Å². The van der Waals surface area contributed by atoms with E-state index < -0.39 is 6.09 Å². The van der Waals surface area contributed by atoms with E-state index in [1.54, 1.807) is 24.3 Å². The van der Waals surface area contributed by atoms with Gasteiger partial charge in [0.1, 0.15) is 5.75 Å². The maximum atomic E-state index is 12.3. The number of benzene rings is 3. The molecule has 3 aromatic rings. The largest absolute Gasteiger partial charge is 0.413 e. The molecule has 0 radical (unpaired) electrons. The van der Waals surface area contributed by atoms with Gasteiger partial charge in [0.05, 0.1) is 6.04 Å². The predicted octanol–water partition coefficient (Wildman–Crippen LogP) is 5.22. The van der Waals surface area contributed by atoms with E-state index in [2.05, 4.69) is 5.32 Å². The van der Waals surface area contributed by atoms with Crippen molar-refractivity contribution in [3.05, 3.63) is 101 Å². The van der Waals surface area contributed by atoms with Gasteiger partial charge in [-0.2, -0.15) is 0 Å². The second-order valence-corrected chi connectivity index (χ2v) is 5.68. The Balaban J connectivity index is 1.82. The van der Waals surface area contributed by atoms with Gasteiger partial charge in [-0.1, -0.05) is 72.3 Å². The van der Waals surface area contributed by atoms with Crippen LogP contribution in [-0.2, 0) is 0 Å². The van der Waals surface area contributed by atoms with Gasteiger partial charge in [0.15, 0.2) is 0 Å². The minimum Gasteiger partial charge on any atom is -0.410 e. The fourth-order valence-electron chi connectivity index (χ4n) is 2.40. The minimum absolute atomic E-state index is 0.320. The molecule has 0 saturated carbocycles. The molecule has 0 aromatic heterocycles. The molecular formula is C20H16ClNO2. The van der Waals surface area contributed by atoms with Gasteiger partial charge in [-0.05, 0) is 35.4 Å². The van der Waals surface area contributed by atoms with Crippen molar-refractivity contribution in [2.24, 2.45) is 0 Å². The standard InChI is InChI=1S/C20H16ClNO2/c21-17-13-11-16(12-14-17)19(15-7-3-1-4-8-15)22-20(23)24-18-9-5-2-6-10-18/h1-14,19H,(H,22,23). The zero-order valence-electron chi connectivity index (χ0n) is 12.9. The first-order valence-electron chi connectivity index (χ1n) is 7.56. The number of ether oxygens (including phenoxy) is 1. The maximum absolute atomic E-state index is 12.3. The molecule has 0 aliphatic carbocycles. The third kappa shape index (κ3) is 4.15. The van der Waals surface area contributed by atoms with Gasteiger partial charge in [-0.3, -0.25) is 0 Å². The Morgan fingerprint density at radius 1 is 0.792 bits per heavy atom. The highest BCUT2D eigenvalue weighted by Crippen LogP contribution is 2.24. The number of amides is 1. The molecule has 4 heteroatoms. The van der Waals surface area contributed by atoms with Crippen molar-refractivity contribution in [3.8, 4) is 5.75 Å². The van der Waals surface area contributed by atoms with Crippen LogP contribution in [0.4, 0.5) is 4.79 Å². The molecule has 3 rings (SSSR count). The van der Waals surface area contributed by atoms with E-state index in [1.807, 2.05) is 60.7 Å². The van der Waals surface area contributed by atoms with Crippen LogP contribution >= 0.6 is 11.6 Å². The van der Waals surface area contributed by atoms with Crippen molar-refractivity contribution in [1.29, 1.82) is 0 Å². The van der Waals surface area contributed by atoms with Gasteiger partial charge in [-0.15, -0.1) is 0 Å². The first kappa shape index (κ1) is 16.1. The van der Waals surface area contributed by atoms with Crippen LogP contribution in [0.5, 0.6) is 5.75 Å². The third-order valence-corrected chi connectivity index (χ3v) is 3.80. The van der Waals surface area contributed by atoms with E-state index in [-0.39, 0.29) is 6.04 Å². The molecule has 120 valence electrons. The Bertz CT molecular complexity index is 789. The predicted molar refractivity (Wildman–Crippen MR) is 95.3 cm³/mol. The second-order valence-electron chi connectivity index (χ2n) is 5.24. The van der Waals surface area contributed by atoms with Crippen molar-refractivity contribution in [1.82, 2.24) is 5.32 Å². The SMILES string of the molecule is O=C(NC(c1ccccc1)c1ccc(Cl)cc1)Oc1ccccc1. The zero-order valence-corrected chi connectivity index (χ0v) is 13.6. The van der Waals surface area contributed by atoms with E-state index in [0.717, 1.165) is 11.1 Å². The number of hydrogen-bond acceptors (Lipinski definition) is 2. The zero-order chi connectivity index (χ0) is 16.8. The van der Waals surface area contributed by atoms with Crippen LogP contribution in [0.25, 0.3) is 0 Å². The number of carbonyl (C=O) groups is 1. The molecule has 0 heterocycles. The van der Waals surface area contributed by atoms with Gasteiger partial charge >= 0.3 is 6.09 Å². The monoisotopic (exact) mass is 337 g/mol. The summed E-state index contributed by atoms with van der Waals surface area (Å²) >= 11 is 5.96. The summed E-state index contributed by atoms with van der Waals surface area (Å²) in [5.41, 5.74) is 1.89. The smallest absolute Gasteiger partial charge is 0.410 e. The molecule has 1 unspecified atom stereocenters. The molecule has 1 N–H and O–H groups in total. The number of nitrogens with one attached hydrogen (secondary N) is 1. The van der Waals surface area contributed by atoms with E-state index in [9.17, 15) is 4.79 Å². The molecule has 1 atom stereocenters. The summed E-state index contributed by atoms with van der Waals surface area (Å²) in [5.74, 6) is 0.498. The van der Waals surface area contributed by atoms with E-state index in [0.29, 0.717) is 10.8 Å². The van der Waals surface area contributed by atoms with Gasteiger partial charge in [-0.25, -0.2) is 4.79 Å². The average molecular weight is 338 g/mol. The molecule has 3 aromatic carbocycles. The summed E-state index contributed by atoms with van der Waals surface area (Å²) in [6.45, 7) is 0. The Morgan fingerprint density at radius 2 is 1.33 bits per heavy atom. The third-order valence-electron chi connectivity index (χ3n) is 3.55. The van der Waals surface area contributed by atoms with Crippen molar-refractivity contribution in [2.45, 2.75) is 6.04 Å². The van der Waals surface area contributed by atoms with Crippen molar-refractivity contribution in [3.63, 3.8) is 0 Å². The molecule has 0 aliphatic heterocycles. The van der Waals surface area contributed by atoms with Crippen LogP contribution < -0.4 is 10.1 Å². The van der Waals surface area contributed by atoms with E-state index in [4.69, 9.17) is 16.3 Å². The fourth-order valence-corrected chi connectivity index (χ4v) is 2.53. The van der Waals surface area contributed by atoms with Gasteiger partial charge < -0.3 is 10.1 Å². The number of hydrogen-bond donors (Lipinski definition) is 1. The Kier molecular flexibility index (Phi) is 5.14. The van der Waals surface area contributed by atoms with Crippen LogP contribution in [0.1, 0.15) is 17.2 Å². The van der Waals surface area contributed by atoms with E-state index in [1.165, 1.54) is 0 Å². The first-order chi connectivity index (χ1) is 11.7. The Morgan fingerprint density at radius 3 is 1.96 bits per heavy atom. The molecule has 3 nitrogen and oxygen atoms in total. The van der Waals surface area contributed by atoms with Crippen molar-refractivity contribution >= 4 is 17.7 Å². The van der Waals surface area contributed by atoms with Crippen LogP contribution in [0, 0.1) is 0 Å². The van der Waals surface area contributed by atoms with Gasteiger partial charge in [0, 0.05) is 5.02 Å². The molecule has 24 heavy (non-hydrogen) atoms. The number of halogens is 1. The molecular weight excluding hydrogens is 322 g/mol. The summed E-state index contributed by atoms with van der Waals surface area (Å²) in [6.07, 6.45) is -0.509. The molecule has 0 spiro atoms. The summed E-state index contributed by atoms with van der Waals surface area (Å²) in [7, 11) is 0. The Hall–Kier alpha value is -2.78. The highest BCUT2D eigenvalue weighted by Gasteiger charge is 2.18. The summed E-state index contributed by atoms with van der Waals surface area (Å²) < 4.78 is 5.34. The summed E-state index contributed by atoms with van der Waals surface area (Å²) in [6, 6.07) is 25.8.